The summed E-state index contributed by atoms with van der Waals surface area (Å²) in [6.45, 7) is 8.65. The maximum absolute atomic E-state index is 2.31. The molecule has 0 nitrogen and oxygen atoms in total. The summed E-state index contributed by atoms with van der Waals surface area (Å²) in [4.78, 5) is 0. The van der Waals surface area contributed by atoms with Gasteiger partial charge in [0.2, 0.25) is 0 Å². The molecule has 0 aliphatic rings. The third-order valence-electron chi connectivity index (χ3n) is 1.70. The fourth-order valence-corrected chi connectivity index (χ4v) is 1.06. The Morgan fingerprint density at radius 1 is 1.36 bits per heavy atom. The van der Waals surface area contributed by atoms with Crippen molar-refractivity contribution >= 4 is 0 Å². The van der Waals surface area contributed by atoms with Gasteiger partial charge in [-0.05, 0) is 39.5 Å². The minimum atomic E-state index is 0.732. The standard InChI is InChI=1S/C11H20/c1-5-7-11(4)9-6-8-10(2)3/h5,7-8,11H,6,9H2,1-4H3/b7-5-. The van der Waals surface area contributed by atoms with E-state index in [4.69, 9.17) is 0 Å². The summed E-state index contributed by atoms with van der Waals surface area (Å²) in [6, 6.07) is 0. The van der Waals surface area contributed by atoms with Crippen LogP contribution in [0.1, 0.15) is 40.5 Å². The van der Waals surface area contributed by atoms with Crippen molar-refractivity contribution < 1.29 is 0 Å². The van der Waals surface area contributed by atoms with Crippen LogP contribution in [0, 0.1) is 5.92 Å². The van der Waals surface area contributed by atoms with Gasteiger partial charge in [0.15, 0.2) is 0 Å². The smallest absolute Gasteiger partial charge is 0.0259 e. The topological polar surface area (TPSA) is 0 Å². The van der Waals surface area contributed by atoms with E-state index in [2.05, 4.69) is 45.9 Å². The average molecular weight is 152 g/mol. The van der Waals surface area contributed by atoms with Gasteiger partial charge < -0.3 is 0 Å². The second-order valence-electron chi connectivity index (χ2n) is 3.36. The molecule has 0 spiro atoms. The van der Waals surface area contributed by atoms with E-state index < -0.39 is 0 Å². The molecule has 0 aliphatic carbocycles. The Kier molecular flexibility index (Phi) is 5.91. The quantitative estimate of drug-likeness (QED) is 0.535. The first-order valence-corrected chi connectivity index (χ1v) is 4.43. The van der Waals surface area contributed by atoms with Crippen molar-refractivity contribution in [2.75, 3.05) is 0 Å². The Labute approximate surface area is 71.0 Å². The monoisotopic (exact) mass is 152 g/mol. The van der Waals surface area contributed by atoms with E-state index in [0.29, 0.717) is 0 Å². The van der Waals surface area contributed by atoms with Gasteiger partial charge in [-0.1, -0.05) is 30.7 Å². The van der Waals surface area contributed by atoms with E-state index in [1.807, 2.05) is 0 Å². The highest BCUT2D eigenvalue weighted by molar-refractivity contribution is 4.94. The summed E-state index contributed by atoms with van der Waals surface area (Å²) in [6.07, 6.45) is 9.19. The molecule has 11 heavy (non-hydrogen) atoms. The highest BCUT2D eigenvalue weighted by Crippen LogP contribution is 2.08. The highest BCUT2D eigenvalue weighted by atomic mass is 14.0. The minimum absolute atomic E-state index is 0.732. The summed E-state index contributed by atoms with van der Waals surface area (Å²) in [5.41, 5.74) is 1.43. The Morgan fingerprint density at radius 3 is 2.45 bits per heavy atom. The molecule has 0 fully saturated rings. The molecule has 1 unspecified atom stereocenters. The van der Waals surface area contributed by atoms with Gasteiger partial charge in [0.05, 0.1) is 0 Å². The van der Waals surface area contributed by atoms with Gasteiger partial charge in [0.25, 0.3) is 0 Å². The lowest BCUT2D eigenvalue weighted by Gasteiger charge is -2.02. The first-order valence-electron chi connectivity index (χ1n) is 4.43. The Hall–Kier alpha value is -0.520. The van der Waals surface area contributed by atoms with Crippen LogP contribution < -0.4 is 0 Å². The molecule has 0 aromatic heterocycles. The lowest BCUT2D eigenvalue weighted by molar-refractivity contribution is 0.655. The lowest BCUT2D eigenvalue weighted by Crippen LogP contribution is -1.87. The van der Waals surface area contributed by atoms with Crippen LogP contribution in [-0.4, -0.2) is 0 Å². The normalized spacial score (nSPS) is 13.5. The van der Waals surface area contributed by atoms with Gasteiger partial charge in [0, 0.05) is 0 Å². The molecule has 0 amide bonds. The van der Waals surface area contributed by atoms with Crippen LogP contribution in [0.25, 0.3) is 0 Å². The van der Waals surface area contributed by atoms with E-state index in [0.717, 1.165) is 5.92 Å². The Balaban J connectivity index is 3.46. The molecule has 1 atom stereocenters. The van der Waals surface area contributed by atoms with Crippen molar-refractivity contribution in [3.8, 4) is 0 Å². The molecule has 0 bridgehead atoms. The number of hydrogen-bond donors (Lipinski definition) is 0. The zero-order valence-corrected chi connectivity index (χ0v) is 8.22. The number of hydrogen-bond acceptors (Lipinski definition) is 0. The van der Waals surface area contributed by atoms with Crippen molar-refractivity contribution in [2.45, 2.75) is 40.5 Å². The molecule has 0 saturated carbocycles. The van der Waals surface area contributed by atoms with E-state index in [1.165, 1.54) is 18.4 Å². The lowest BCUT2D eigenvalue weighted by atomic mass is 10.0. The summed E-state index contributed by atoms with van der Waals surface area (Å²) >= 11 is 0. The van der Waals surface area contributed by atoms with Crippen molar-refractivity contribution in [2.24, 2.45) is 5.92 Å². The predicted octanol–water partition coefficient (Wildman–Crippen LogP) is 3.95. The molecule has 0 rings (SSSR count). The van der Waals surface area contributed by atoms with Gasteiger partial charge in [-0.2, -0.15) is 0 Å². The van der Waals surface area contributed by atoms with Gasteiger partial charge >= 0.3 is 0 Å². The van der Waals surface area contributed by atoms with Crippen molar-refractivity contribution in [1.29, 1.82) is 0 Å². The SMILES string of the molecule is C/C=C\C(C)CCC=C(C)C. The van der Waals surface area contributed by atoms with Crippen LogP contribution in [0.5, 0.6) is 0 Å². The molecule has 0 aliphatic heterocycles. The maximum Gasteiger partial charge on any atom is -0.0259 e. The third-order valence-corrected chi connectivity index (χ3v) is 1.70. The van der Waals surface area contributed by atoms with Crippen LogP contribution in [0.2, 0.25) is 0 Å². The zero-order valence-electron chi connectivity index (χ0n) is 8.22. The van der Waals surface area contributed by atoms with Gasteiger partial charge in [-0.25, -0.2) is 0 Å². The molecule has 0 aromatic carbocycles. The van der Waals surface area contributed by atoms with E-state index in [1.54, 1.807) is 0 Å². The van der Waals surface area contributed by atoms with Gasteiger partial charge in [-0.3, -0.25) is 0 Å². The van der Waals surface area contributed by atoms with E-state index in [9.17, 15) is 0 Å². The molecule has 0 heteroatoms. The third kappa shape index (κ3) is 7.38. The molecular formula is C11H20. The second kappa shape index (κ2) is 6.21. The first kappa shape index (κ1) is 10.5. The summed E-state index contributed by atoms with van der Waals surface area (Å²) < 4.78 is 0. The van der Waals surface area contributed by atoms with Crippen molar-refractivity contribution in [3.63, 3.8) is 0 Å². The van der Waals surface area contributed by atoms with Crippen LogP contribution in [-0.2, 0) is 0 Å². The maximum atomic E-state index is 2.31. The second-order valence-corrected chi connectivity index (χ2v) is 3.36. The molecule has 0 saturated heterocycles. The first-order chi connectivity index (χ1) is 5.16. The fourth-order valence-electron chi connectivity index (χ4n) is 1.06. The van der Waals surface area contributed by atoms with Crippen LogP contribution in [0.4, 0.5) is 0 Å². The van der Waals surface area contributed by atoms with Crippen molar-refractivity contribution in [3.05, 3.63) is 23.8 Å². The van der Waals surface area contributed by atoms with Gasteiger partial charge in [0.1, 0.15) is 0 Å². The molecule has 0 N–H and O–H groups in total. The Bertz CT molecular complexity index is 136. The predicted molar refractivity (Wildman–Crippen MR) is 52.6 cm³/mol. The highest BCUT2D eigenvalue weighted by Gasteiger charge is 1.93. The van der Waals surface area contributed by atoms with Crippen LogP contribution in [0.3, 0.4) is 0 Å². The van der Waals surface area contributed by atoms with Gasteiger partial charge in [-0.15, -0.1) is 0 Å². The van der Waals surface area contributed by atoms with E-state index in [-0.39, 0.29) is 0 Å². The summed E-state index contributed by atoms with van der Waals surface area (Å²) in [7, 11) is 0. The Morgan fingerprint density at radius 2 is 2.00 bits per heavy atom. The average Bonchev–Trinajstić information content (AvgIpc) is 1.87. The van der Waals surface area contributed by atoms with Crippen molar-refractivity contribution in [1.82, 2.24) is 0 Å². The minimum Gasteiger partial charge on any atom is -0.0914 e. The zero-order chi connectivity index (χ0) is 8.69. The van der Waals surface area contributed by atoms with E-state index >= 15 is 0 Å². The fraction of sp³-hybridized carbons (Fsp3) is 0.636. The molecule has 0 aromatic rings. The molecule has 0 heterocycles. The molecular weight excluding hydrogens is 132 g/mol. The molecule has 0 radical (unpaired) electrons. The van der Waals surface area contributed by atoms with Crippen LogP contribution >= 0.6 is 0 Å². The summed E-state index contributed by atoms with van der Waals surface area (Å²) in [5, 5.41) is 0. The largest absolute Gasteiger partial charge is 0.0914 e. The molecule has 64 valence electrons. The number of allylic oxidation sites excluding steroid dienone is 4. The number of rotatable bonds is 4. The van der Waals surface area contributed by atoms with Crippen LogP contribution in [0.15, 0.2) is 23.8 Å². The summed E-state index contributed by atoms with van der Waals surface area (Å²) in [5.74, 6) is 0.732.